The molecule has 0 aliphatic heterocycles. The summed E-state index contributed by atoms with van der Waals surface area (Å²) in [4.78, 5) is 29.8. The first kappa shape index (κ1) is 18.1. The van der Waals surface area contributed by atoms with Crippen LogP contribution in [0.5, 0.6) is 0 Å². The Morgan fingerprint density at radius 3 is 2.65 bits per heavy atom. The highest BCUT2D eigenvalue weighted by Crippen LogP contribution is 2.22. The summed E-state index contributed by atoms with van der Waals surface area (Å²) in [7, 11) is 0. The van der Waals surface area contributed by atoms with E-state index < -0.39 is 0 Å². The largest absolute Gasteiger partial charge is 0.462 e. The molecule has 3 rings (SSSR count). The highest BCUT2D eigenvalue weighted by atomic mass is 32.1. The maximum Gasteiger partial charge on any atom is 0.326 e. The zero-order valence-corrected chi connectivity index (χ0v) is 15.7. The first-order valence-electron chi connectivity index (χ1n) is 8.44. The molecule has 1 aromatic carbocycles. The molecule has 1 atom stereocenters. The summed E-state index contributed by atoms with van der Waals surface area (Å²) >= 11 is 1.38. The average Bonchev–Trinajstić information content (AvgIpc) is 3.22. The minimum absolute atomic E-state index is 0.0488. The van der Waals surface area contributed by atoms with E-state index in [0.29, 0.717) is 10.7 Å². The van der Waals surface area contributed by atoms with Crippen LogP contribution in [0.1, 0.15) is 42.3 Å². The third kappa shape index (κ3) is 3.94. The maximum atomic E-state index is 12.4. The fourth-order valence-corrected chi connectivity index (χ4v) is 3.39. The highest BCUT2D eigenvalue weighted by Gasteiger charge is 2.21. The Kier molecular flexibility index (Phi) is 5.37. The number of hydrogen-bond donors (Lipinski definition) is 1. The lowest BCUT2D eigenvalue weighted by molar-refractivity contribution is -0.148. The van der Waals surface area contributed by atoms with Gasteiger partial charge in [-0.1, -0.05) is 18.2 Å². The van der Waals surface area contributed by atoms with Crippen LogP contribution < -0.4 is 5.32 Å². The predicted octanol–water partition coefficient (Wildman–Crippen LogP) is 3.54. The summed E-state index contributed by atoms with van der Waals surface area (Å²) < 4.78 is 7.08. The lowest BCUT2D eigenvalue weighted by atomic mass is 10.3. The van der Waals surface area contributed by atoms with Gasteiger partial charge >= 0.3 is 5.97 Å². The van der Waals surface area contributed by atoms with Crippen molar-refractivity contribution in [2.24, 2.45) is 0 Å². The van der Waals surface area contributed by atoms with Crippen LogP contribution in [-0.2, 0) is 16.1 Å². The number of aromatic nitrogens is 2. The summed E-state index contributed by atoms with van der Waals surface area (Å²) in [5.41, 5.74) is 1.61. The van der Waals surface area contributed by atoms with Gasteiger partial charge in [0, 0.05) is 0 Å². The number of ether oxygens (including phenoxy) is 1. The van der Waals surface area contributed by atoms with Gasteiger partial charge in [-0.15, -0.1) is 11.3 Å². The van der Waals surface area contributed by atoms with Crippen molar-refractivity contribution in [2.75, 3.05) is 0 Å². The Hall–Kier alpha value is -2.67. The molecule has 1 amide bonds. The van der Waals surface area contributed by atoms with E-state index in [4.69, 9.17) is 4.74 Å². The summed E-state index contributed by atoms with van der Waals surface area (Å²) in [6.07, 6.45) is -0.184. The SMILES string of the molecule is CC(C)OC(=O)Cn1c(C(C)NC(=O)c2cccs2)nc2ccccc21. The van der Waals surface area contributed by atoms with Gasteiger partial charge in [-0.3, -0.25) is 9.59 Å². The first-order valence-corrected chi connectivity index (χ1v) is 9.32. The number of esters is 1. The second kappa shape index (κ2) is 7.70. The first-order chi connectivity index (χ1) is 12.5. The Labute approximate surface area is 155 Å². The van der Waals surface area contributed by atoms with Crippen molar-refractivity contribution < 1.29 is 14.3 Å². The molecular weight excluding hydrogens is 350 g/mol. The van der Waals surface area contributed by atoms with Gasteiger partial charge < -0.3 is 14.6 Å². The quantitative estimate of drug-likeness (QED) is 0.673. The number of imidazole rings is 1. The standard InChI is InChI=1S/C19H21N3O3S/c1-12(2)25-17(23)11-22-15-8-5-4-7-14(15)21-18(22)13(3)20-19(24)16-9-6-10-26-16/h4-10,12-13H,11H2,1-3H3,(H,20,24). The van der Waals surface area contributed by atoms with E-state index in [1.54, 1.807) is 10.6 Å². The fourth-order valence-electron chi connectivity index (χ4n) is 2.76. The molecule has 2 heterocycles. The second-order valence-corrected chi connectivity index (χ2v) is 7.20. The van der Waals surface area contributed by atoms with E-state index in [9.17, 15) is 9.59 Å². The van der Waals surface area contributed by atoms with E-state index >= 15 is 0 Å². The van der Waals surface area contributed by atoms with Crippen molar-refractivity contribution in [1.82, 2.24) is 14.9 Å². The van der Waals surface area contributed by atoms with Crippen LogP contribution in [0.4, 0.5) is 0 Å². The van der Waals surface area contributed by atoms with Crippen LogP contribution in [0.3, 0.4) is 0 Å². The van der Waals surface area contributed by atoms with Crippen LogP contribution in [-0.4, -0.2) is 27.5 Å². The molecule has 0 saturated carbocycles. The van der Waals surface area contributed by atoms with E-state index in [1.165, 1.54) is 11.3 Å². The van der Waals surface area contributed by atoms with E-state index in [0.717, 1.165) is 11.0 Å². The molecule has 0 fully saturated rings. The molecule has 1 N–H and O–H groups in total. The molecular formula is C19H21N3O3S. The van der Waals surface area contributed by atoms with Crippen molar-refractivity contribution in [2.45, 2.75) is 39.5 Å². The number of amides is 1. The number of benzene rings is 1. The molecule has 1 unspecified atom stereocenters. The molecule has 0 bridgehead atoms. The lowest BCUT2D eigenvalue weighted by Crippen LogP contribution is -2.29. The molecule has 0 radical (unpaired) electrons. The van der Waals surface area contributed by atoms with Gasteiger partial charge in [0.25, 0.3) is 5.91 Å². The van der Waals surface area contributed by atoms with Crippen molar-refractivity contribution in [3.8, 4) is 0 Å². The van der Waals surface area contributed by atoms with Gasteiger partial charge in [-0.2, -0.15) is 0 Å². The van der Waals surface area contributed by atoms with Crippen LogP contribution >= 0.6 is 11.3 Å². The number of rotatable bonds is 6. The topological polar surface area (TPSA) is 73.2 Å². The van der Waals surface area contributed by atoms with Gasteiger partial charge in [0.15, 0.2) is 0 Å². The summed E-state index contributed by atoms with van der Waals surface area (Å²) in [6, 6.07) is 10.8. The van der Waals surface area contributed by atoms with Gasteiger partial charge in [0.2, 0.25) is 0 Å². The van der Waals surface area contributed by atoms with E-state index in [2.05, 4.69) is 10.3 Å². The number of carbonyl (C=O) groups is 2. The highest BCUT2D eigenvalue weighted by molar-refractivity contribution is 7.12. The molecule has 0 aliphatic carbocycles. The van der Waals surface area contributed by atoms with Gasteiger partial charge in [-0.25, -0.2) is 4.98 Å². The number of fused-ring (bicyclic) bond motifs is 1. The fraction of sp³-hybridized carbons (Fsp3) is 0.316. The van der Waals surface area contributed by atoms with Crippen LogP contribution in [0.2, 0.25) is 0 Å². The molecule has 0 aliphatic rings. The molecule has 2 aromatic heterocycles. The monoisotopic (exact) mass is 371 g/mol. The second-order valence-electron chi connectivity index (χ2n) is 6.26. The molecule has 6 nitrogen and oxygen atoms in total. The number of thiophene rings is 1. The van der Waals surface area contributed by atoms with Gasteiger partial charge in [-0.05, 0) is 44.4 Å². The normalized spacial score (nSPS) is 12.3. The zero-order valence-electron chi connectivity index (χ0n) is 14.9. The van der Waals surface area contributed by atoms with E-state index in [-0.39, 0.29) is 30.6 Å². The summed E-state index contributed by atoms with van der Waals surface area (Å²) in [5.74, 6) is 0.133. The molecule has 26 heavy (non-hydrogen) atoms. The van der Waals surface area contributed by atoms with Gasteiger partial charge in [0.05, 0.1) is 28.1 Å². The maximum absolute atomic E-state index is 12.4. The van der Waals surface area contributed by atoms with Crippen LogP contribution in [0.25, 0.3) is 11.0 Å². The predicted molar refractivity (Wildman–Crippen MR) is 101 cm³/mol. The zero-order chi connectivity index (χ0) is 18.7. The Balaban J connectivity index is 1.90. The van der Waals surface area contributed by atoms with Crippen molar-refractivity contribution in [3.05, 3.63) is 52.5 Å². The third-order valence-corrected chi connectivity index (χ3v) is 4.69. The molecule has 0 saturated heterocycles. The number of para-hydroxylation sites is 2. The third-order valence-electron chi connectivity index (χ3n) is 3.82. The summed E-state index contributed by atoms with van der Waals surface area (Å²) in [6.45, 7) is 5.54. The summed E-state index contributed by atoms with van der Waals surface area (Å²) in [5, 5.41) is 4.81. The molecule has 0 spiro atoms. The minimum Gasteiger partial charge on any atom is -0.462 e. The van der Waals surface area contributed by atoms with E-state index in [1.807, 2.05) is 56.5 Å². The molecule has 7 heteroatoms. The number of nitrogens with zero attached hydrogens (tertiary/aromatic N) is 2. The molecule has 3 aromatic rings. The Bertz CT molecular complexity index is 915. The van der Waals surface area contributed by atoms with Crippen molar-refractivity contribution in [1.29, 1.82) is 0 Å². The number of carbonyl (C=O) groups excluding carboxylic acids is 2. The Morgan fingerprint density at radius 1 is 1.19 bits per heavy atom. The van der Waals surface area contributed by atoms with Crippen LogP contribution in [0, 0.1) is 0 Å². The van der Waals surface area contributed by atoms with Crippen molar-refractivity contribution >= 4 is 34.2 Å². The Morgan fingerprint density at radius 2 is 1.96 bits per heavy atom. The minimum atomic E-state index is -0.358. The lowest BCUT2D eigenvalue weighted by Gasteiger charge is -2.16. The van der Waals surface area contributed by atoms with Crippen LogP contribution in [0.15, 0.2) is 41.8 Å². The number of hydrogen-bond acceptors (Lipinski definition) is 5. The van der Waals surface area contributed by atoms with Crippen molar-refractivity contribution in [3.63, 3.8) is 0 Å². The molecule has 136 valence electrons. The smallest absolute Gasteiger partial charge is 0.326 e. The average molecular weight is 371 g/mol. The number of nitrogens with one attached hydrogen (secondary N) is 1. The van der Waals surface area contributed by atoms with Gasteiger partial charge in [0.1, 0.15) is 12.4 Å².